The van der Waals surface area contributed by atoms with Crippen molar-refractivity contribution in [2.45, 2.75) is 18.7 Å². The van der Waals surface area contributed by atoms with Crippen molar-refractivity contribution in [1.29, 1.82) is 0 Å². The van der Waals surface area contributed by atoms with Gasteiger partial charge in [0.05, 0.1) is 19.3 Å². The molecule has 0 aromatic carbocycles. The van der Waals surface area contributed by atoms with Gasteiger partial charge in [-0.05, 0) is 13.8 Å². The minimum Gasteiger partial charge on any atom is -0.465 e. The highest BCUT2D eigenvalue weighted by Crippen LogP contribution is 2.36. The largest absolute Gasteiger partial charge is 0.465 e. The summed E-state index contributed by atoms with van der Waals surface area (Å²) < 4.78 is 45.7. The molecule has 2 heterocycles. The van der Waals surface area contributed by atoms with E-state index in [0.29, 0.717) is 0 Å². The smallest absolute Gasteiger partial charge is 0.360 e. The molecule has 0 spiro atoms. The van der Waals surface area contributed by atoms with Crippen LogP contribution in [0, 0.1) is 6.92 Å². The molecule has 0 radical (unpaired) electrons. The zero-order valence-electron chi connectivity index (χ0n) is 14.8. The number of methoxy groups -OCH3 is 1. The second-order valence-electron chi connectivity index (χ2n) is 5.27. The van der Waals surface area contributed by atoms with Gasteiger partial charge in [0.25, 0.3) is 0 Å². The van der Waals surface area contributed by atoms with Gasteiger partial charge in [0, 0.05) is 17.3 Å². The summed E-state index contributed by atoms with van der Waals surface area (Å²) in [6.07, 6.45) is 0. The van der Waals surface area contributed by atoms with Crippen LogP contribution in [0.5, 0.6) is 6.01 Å². The van der Waals surface area contributed by atoms with E-state index in [1.807, 2.05) is 0 Å². The Labute approximate surface area is 156 Å². The molecule has 1 amide bonds. The molecule has 0 aliphatic heterocycles. The molecule has 2 rings (SSSR count). The molecule has 0 aliphatic rings. The maximum absolute atomic E-state index is 12.8. The second kappa shape index (κ2) is 6.88. The number of nitrogens with zero attached hydrogens (tertiary/aromatic N) is 3. The molecule has 14 heteroatoms. The van der Waals surface area contributed by atoms with E-state index in [9.17, 15) is 27.7 Å². The fourth-order valence-electron chi connectivity index (χ4n) is 2.21. The summed E-state index contributed by atoms with van der Waals surface area (Å²) in [7, 11) is -3.76. The van der Waals surface area contributed by atoms with E-state index in [1.54, 1.807) is 6.92 Å². The van der Waals surface area contributed by atoms with Crippen LogP contribution in [0.3, 0.4) is 0 Å². The van der Waals surface area contributed by atoms with Gasteiger partial charge in [-0.3, -0.25) is 9.11 Å². The van der Waals surface area contributed by atoms with Crippen molar-refractivity contribution < 1.29 is 32.4 Å². The summed E-state index contributed by atoms with van der Waals surface area (Å²) in [5, 5.41) is 4.79. The summed E-state index contributed by atoms with van der Waals surface area (Å²) in [5.41, 5.74) is -1.38. The standard InChI is InChI=1S/C13H18N4O8S2/c1-5-25-12-14-17(13(20)16(12)3)11(19)15-27(21,22,23)9-7(2)26-6-8(9)10(18)24-4/h6H,5H2,1-4H3,(H3,15,19,21,22,23). The topological polar surface area (TPSA) is 162 Å². The Hall–Kier alpha value is -2.55. The van der Waals surface area contributed by atoms with E-state index >= 15 is 0 Å². The normalized spacial score (nSPS) is 12.9. The lowest BCUT2D eigenvalue weighted by Gasteiger charge is -2.31. The number of aryl methyl sites for hydroxylation is 1. The third-order valence-corrected chi connectivity index (χ3v) is 6.21. The van der Waals surface area contributed by atoms with Crippen LogP contribution in [0.4, 0.5) is 4.79 Å². The van der Waals surface area contributed by atoms with Crippen LogP contribution in [0.15, 0.2) is 15.1 Å². The third kappa shape index (κ3) is 3.78. The van der Waals surface area contributed by atoms with Crippen molar-refractivity contribution in [3.63, 3.8) is 0 Å². The lowest BCUT2D eigenvalue weighted by molar-refractivity contribution is 0.0595. The Kier molecular flexibility index (Phi) is 5.29. The van der Waals surface area contributed by atoms with Crippen LogP contribution in [0.2, 0.25) is 0 Å². The number of aromatic nitrogens is 3. The Morgan fingerprint density at radius 1 is 1.41 bits per heavy atom. The molecule has 27 heavy (non-hydrogen) atoms. The molecular formula is C13H18N4O8S2. The van der Waals surface area contributed by atoms with Crippen molar-refractivity contribution in [3.8, 4) is 6.01 Å². The van der Waals surface area contributed by atoms with Crippen LogP contribution in [-0.2, 0) is 21.6 Å². The second-order valence-corrected chi connectivity index (χ2v) is 8.69. The number of ether oxygens (including phenoxy) is 2. The number of nitrogens with one attached hydrogen (secondary N) is 1. The molecule has 0 bridgehead atoms. The predicted octanol–water partition coefficient (Wildman–Crippen LogP) is 0.435. The van der Waals surface area contributed by atoms with E-state index in [0.717, 1.165) is 23.0 Å². The number of carbonyl (C=O) groups excluding carboxylic acids is 2. The Morgan fingerprint density at radius 2 is 2.04 bits per heavy atom. The van der Waals surface area contributed by atoms with Crippen molar-refractivity contribution in [3.05, 3.63) is 26.3 Å². The van der Waals surface area contributed by atoms with Gasteiger partial charge in [0.15, 0.2) is 9.81 Å². The van der Waals surface area contributed by atoms with E-state index in [4.69, 9.17) is 4.74 Å². The van der Waals surface area contributed by atoms with Gasteiger partial charge < -0.3 is 9.47 Å². The zero-order valence-corrected chi connectivity index (χ0v) is 16.4. The first kappa shape index (κ1) is 20.8. The van der Waals surface area contributed by atoms with Gasteiger partial charge in [0.1, 0.15) is 4.90 Å². The number of carbonyl (C=O) groups is 2. The summed E-state index contributed by atoms with van der Waals surface area (Å²) >= 11 is 0.886. The molecule has 0 saturated heterocycles. The number of esters is 1. The van der Waals surface area contributed by atoms with Crippen molar-refractivity contribution in [2.24, 2.45) is 7.05 Å². The highest BCUT2D eigenvalue weighted by atomic mass is 32.3. The summed E-state index contributed by atoms with van der Waals surface area (Å²) in [4.78, 5) is 35.6. The maximum atomic E-state index is 12.8. The SMILES string of the molecule is CCOc1nn(C(=O)NS(=O)(O)(O)c2c(C(=O)OC)csc2C)c(=O)n1C. The Bertz CT molecular complexity index is 1030. The first-order valence-corrected chi connectivity index (χ1v) is 10.1. The van der Waals surface area contributed by atoms with Crippen molar-refractivity contribution >= 4 is 33.2 Å². The van der Waals surface area contributed by atoms with E-state index in [-0.39, 0.29) is 22.2 Å². The lowest BCUT2D eigenvalue weighted by Crippen LogP contribution is -2.53. The average molecular weight is 422 g/mol. The molecule has 0 atom stereocenters. The highest BCUT2D eigenvalue weighted by Gasteiger charge is 2.42. The summed E-state index contributed by atoms with van der Waals surface area (Å²) in [6, 6.07) is -1.70. The maximum Gasteiger partial charge on any atom is 0.360 e. The molecule has 2 aromatic heterocycles. The molecule has 12 nitrogen and oxygen atoms in total. The minimum absolute atomic E-state index is 0.0843. The molecule has 0 unspecified atom stereocenters. The molecule has 0 saturated carbocycles. The van der Waals surface area contributed by atoms with Crippen molar-refractivity contribution in [1.82, 2.24) is 19.1 Å². The number of hydrogen-bond acceptors (Lipinski definition) is 8. The fraction of sp³-hybridized carbons (Fsp3) is 0.385. The predicted molar refractivity (Wildman–Crippen MR) is 94.6 cm³/mol. The molecule has 2 aromatic rings. The molecule has 3 N–H and O–H groups in total. The summed E-state index contributed by atoms with van der Waals surface area (Å²) in [5.74, 6) is -0.987. The highest BCUT2D eigenvalue weighted by molar-refractivity contribution is 8.09. The van der Waals surface area contributed by atoms with Crippen LogP contribution >= 0.6 is 11.3 Å². The van der Waals surface area contributed by atoms with Crippen molar-refractivity contribution in [2.75, 3.05) is 13.7 Å². The Morgan fingerprint density at radius 3 is 2.59 bits per heavy atom. The molecule has 0 aliphatic carbocycles. The van der Waals surface area contributed by atoms with E-state index in [1.165, 1.54) is 24.1 Å². The molecule has 150 valence electrons. The van der Waals surface area contributed by atoms with Gasteiger partial charge >= 0.3 is 23.7 Å². The van der Waals surface area contributed by atoms with E-state index < -0.39 is 38.0 Å². The number of thiophene rings is 1. The molecule has 0 fully saturated rings. The number of rotatable bonds is 5. The monoisotopic (exact) mass is 422 g/mol. The number of hydrogen-bond donors (Lipinski definition) is 3. The van der Waals surface area contributed by atoms with Gasteiger partial charge in [-0.2, -0.15) is 0 Å². The first-order chi connectivity index (χ1) is 12.4. The zero-order chi connectivity index (χ0) is 20.6. The van der Waals surface area contributed by atoms with Crippen LogP contribution in [-0.4, -0.2) is 53.4 Å². The van der Waals surface area contributed by atoms with Gasteiger partial charge in [-0.1, -0.05) is 0 Å². The Balaban J connectivity index is 2.50. The van der Waals surface area contributed by atoms with E-state index in [2.05, 4.69) is 9.84 Å². The number of amides is 1. The molecular weight excluding hydrogens is 404 g/mol. The van der Waals surface area contributed by atoms with Crippen LogP contribution in [0.1, 0.15) is 22.2 Å². The van der Waals surface area contributed by atoms with Crippen LogP contribution < -0.4 is 15.1 Å². The van der Waals surface area contributed by atoms with Gasteiger partial charge in [-0.15, -0.1) is 21.1 Å². The van der Waals surface area contributed by atoms with Crippen LogP contribution in [0.25, 0.3) is 0 Å². The van der Waals surface area contributed by atoms with Gasteiger partial charge in [0.2, 0.25) is 0 Å². The quantitative estimate of drug-likeness (QED) is 0.580. The lowest BCUT2D eigenvalue weighted by atomic mass is 10.3. The fourth-order valence-corrected chi connectivity index (χ4v) is 5.17. The third-order valence-electron chi connectivity index (χ3n) is 3.37. The van der Waals surface area contributed by atoms with Gasteiger partial charge in [-0.25, -0.2) is 27.9 Å². The first-order valence-electron chi connectivity index (χ1n) is 7.36. The minimum atomic E-state index is -6.08. The average Bonchev–Trinajstić information content (AvgIpc) is 3.10. The summed E-state index contributed by atoms with van der Waals surface area (Å²) in [6.45, 7) is 3.14.